The molecule has 0 saturated carbocycles. The van der Waals surface area contributed by atoms with Gasteiger partial charge in [-0.15, -0.1) is 4.68 Å². The molecule has 0 aliphatic heterocycles. The Bertz CT molecular complexity index is 318. The number of hydrogen-bond donors (Lipinski definition) is 1. The van der Waals surface area contributed by atoms with Gasteiger partial charge in [0.2, 0.25) is 0 Å². The van der Waals surface area contributed by atoms with E-state index in [-0.39, 0.29) is 12.4 Å². The molecule has 0 bridgehead atoms. The lowest BCUT2D eigenvalue weighted by Crippen LogP contribution is -2.20. The van der Waals surface area contributed by atoms with Gasteiger partial charge in [-0.1, -0.05) is 5.10 Å². The molecule has 0 saturated heterocycles. The number of nitrogens with two attached hydrogens (primary N) is 1. The highest BCUT2D eigenvalue weighted by molar-refractivity contribution is 5.73. The Morgan fingerprint density at radius 1 is 1.83 bits per heavy atom. The first-order chi connectivity index (χ1) is 5.61. The maximum Gasteiger partial charge on any atom is 0.345 e. The van der Waals surface area contributed by atoms with Crippen LogP contribution in [0.4, 0.5) is 5.82 Å². The second kappa shape index (κ2) is 2.99. The molecular weight excluding hydrogens is 164 g/mol. The molecule has 1 aromatic rings. The SMILES string of the molecule is NC(=O)Cn1nccc1[N+](=O)[O-]. The average Bonchev–Trinajstić information content (AvgIpc) is 2.33. The lowest BCUT2D eigenvalue weighted by atomic mass is 10.6. The van der Waals surface area contributed by atoms with Gasteiger partial charge in [-0.2, -0.15) is 0 Å². The summed E-state index contributed by atoms with van der Waals surface area (Å²) in [5, 5.41) is 13.8. The molecule has 1 amide bonds. The first-order valence-electron chi connectivity index (χ1n) is 3.06. The molecule has 1 heterocycles. The van der Waals surface area contributed by atoms with Crippen molar-refractivity contribution in [2.75, 3.05) is 0 Å². The van der Waals surface area contributed by atoms with Gasteiger partial charge in [0.05, 0.1) is 12.3 Å². The molecule has 2 N–H and O–H groups in total. The van der Waals surface area contributed by atoms with Gasteiger partial charge in [0, 0.05) is 0 Å². The van der Waals surface area contributed by atoms with E-state index in [0.29, 0.717) is 0 Å². The van der Waals surface area contributed by atoms with Crippen LogP contribution in [0, 0.1) is 10.1 Å². The van der Waals surface area contributed by atoms with Crippen LogP contribution in [0.1, 0.15) is 0 Å². The summed E-state index contributed by atoms with van der Waals surface area (Å²) in [6, 6.07) is 1.20. The van der Waals surface area contributed by atoms with E-state index in [2.05, 4.69) is 5.10 Å². The minimum atomic E-state index is -0.665. The number of nitro groups is 1. The first kappa shape index (κ1) is 8.18. The van der Waals surface area contributed by atoms with Gasteiger partial charge in [0.1, 0.15) is 0 Å². The third kappa shape index (κ3) is 1.57. The normalized spacial score (nSPS) is 9.67. The minimum Gasteiger partial charge on any atom is -0.366 e. The minimum absolute atomic E-state index is 0.242. The van der Waals surface area contributed by atoms with Crippen LogP contribution in [0.3, 0.4) is 0 Å². The van der Waals surface area contributed by atoms with Crippen LogP contribution < -0.4 is 5.73 Å². The summed E-state index contributed by atoms with van der Waals surface area (Å²) in [6.45, 7) is -0.274. The molecule has 0 aromatic carbocycles. The largest absolute Gasteiger partial charge is 0.366 e. The van der Waals surface area contributed by atoms with E-state index in [4.69, 9.17) is 5.73 Å². The molecule has 0 fully saturated rings. The zero-order chi connectivity index (χ0) is 9.14. The fourth-order valence-corrected chi connectivity index (χ4v) is 0.750. The molecule has 0 radical (unpaired) electrons. The van der Waals surface area contributed by atoms with Gasteiger partial charge in [0.15, 0.2) is 6.54 Å². The lowest BCUT2D eigenvalue weighted by Gasteiger charge is -1.94. The summed E-state index contributed by atoms with van der Waals surface area (Å²) < 4.78 is 0.933. The predicted octanol–water partition coefficient (Wildman–Crippen LogP) is -0.723. The van der Waals surface area contributed by atoms with Crippen LogP contribution in [-0.4, -0.2) is 20.6 Å². The van der Waals surface area contributed by atoms with Gasteiger partial charge in [-0.3, -0.25) is 4.79 Å². The van der Waals surface area contributed by atoms with E-state index in [9.17, 15) is 14.9 Å². The highest BCUT2D eigenvalue weighted by atomic mass is 16.6. The van der Waals surface area contributed by atoms with E-state index in [1.807, 2.05) is 0 Å². The highest BCUT2D eigenvalue weighted by Gasteiger charge is 2.14. The molecule has 7 heteroatoms. The molecule has 0 atom stereocenters. The van der Waals surface area contributed by atoms with Crippen molar-refractivity contribution < 1.29 is 9.72 Å². The zero-order valence-corrected chi connectivity index (χ0v) is 6.01. The van der Waals surface area contributed by atoms with E-state index in [1.165, 1.54) is 12.3 Å². The number of aromatic nitrogens is 2. The van der Waals surface area contributed by atoms with Crippen LogP contribution in [0.15, 0.2) is 12.3 Å². The van der Waals surface area contributed by atoms with Gasteiger partial charge in [-0.05, 0) is 4.92 Å². The van der Waals surface area contributed by atoms with E-state index in [0.717, 1.165) is 4.68 Å². The Hall–Kier alpha value is -1.92. The summed E-state index contributed by atoms with van der Waals surface area (Å²) in [5.74, 6) is -0.907. The van der Waals surface area contributed by atoms with Crippen molar-refractivity contribution in [1.29, 1.82) is 0 Å². The Morgan fingerprint density at radius 3 is 3.00 bits per heavy atom. The molecule has 1 rings (SSSR count). The third-order valence-electron chi connectivity index (χ3n) is 1.19. The number of hydrogen-bond acceptors (Lipinski definition) is 4. The van der Waals surface area contributed by atoms with Crippen molar-refractivity contribution in [3.8, 4) is 0 Å². The first-order valence-corrected chi connectivity index (χ1v) is 3.06. The van der Waals surface area contributed by atoms with Gasteiger partial charge in [0.25, 0.3) is 5.91 Å². The maximum atomic E-state index is 10.4. The molecule has 0 unspecified atom stereocenters. The van der Waals surface area contributed by atoms with Crippen molar-refractivity contribution in [2.45, 2.75) is 6.54 Å². The molecule has 1 aromatic heterocycles. The molecule has 12 heavy (non-hydrogen) atoms. The molecule has 0 aliphatic rings. The Kier molecular flexibility index (Phi) is 2.04. The molecule has 0 aliphatic carbocycles. The predicted molar refractivity (Wildman–Crippen MR) is 38.1 cm³/mol. The van der Waals surface area contributed by atoms with Gasteiger partial charge in [-0.25, -0.2) is 0 Å². The third-order valence-corrected chi connectivity index (χ3v) is 1.19. The second-order valence-electron chi connectivity index (χ2n) is 2.07. The number of carbonyl (C=O) groups is 1. The summed E-state index contributed by atoms with van der Waals surface area (Å²) in [7, 11) is 0. The van der Waals surface area contributed by atoms with Crippen molar-refractivity contribution in [3.05, 3.63) is 22.4 Å². The van der Waals surface area contributed by atoms with Crippen LogP contribution in [0.2, 0.25) is 0 Å². The summed E-state index contributed by atoms with van der Waals surface area (Å²) in [5.41, 5.74) is 4.83. The number of primary amides is 1. The summed E-state index contributed by atoms with van der Waals surface area (Å²) in [6.07, 6.45) is 1.24. The fourth-order valence-electron chi connectivity index (χ4n) is 0.750. The smallest absolute Gasteiger partial charge is 0.345 e. The topological polar surface area (TPSA) is 104 Å². The van der Waals surface area contributed by atoms with Crippen molar-refractivity contribution >= 4 is 11.7 Å². The Balaban J connectivity index is 2.91. The summed E-state index contributed by atoms with van der Waals surface area (Å²) >= 11 is 0. The monoisotopic (exact) mass is 170 g/mol. The molecule has 64 valence electrons. The summed E-state index contributed by atoms with van der Waals surface area (Å²) in [4.78, 5) is 20.0. The van der Waals surface area contributed by atoms with Crippen molar-refractivity contribution in [2.24, 2.45) is 5.73 Å². The zero-order valence-electron chi connectivity index (χ0n) is 6.01. The lowest BCUT2D eigenvalue weighted by molar-refractivity contribution is -0.392. The fraction of sp³-hybridized carbons (Fsp3) is 0.200. The quantitative estimate of drug-likeness (QED) is 0.477. The Labute approximate surface area is 66.9 Å². The molecular formula is C5H6N4O3. The van der Waals surface area contributed by atoms with Gasteiger partial charge < -0.3 is 15.8 Å². The molecule has 0 spiro atoms. The van der Waals surface area contributed by atoms with E-state index >= 15 is 0 Å². The van der Waals surface area contributed by atoms with Crippen LogP contribution in [-0.2, 0) is 11.3 Å². The van der Waals surface area contributed by atoms with E-state index in [1.54, 1.807) is 0 Å². The number of nitrogens with zero attached hydrogens (tertiary/aromatic N) is 3. The second-order valence-corrected chi connectivity index (χ2v) is 2.07. The average molecular weight is 170 g/mol. The number of rotatable bonds is 3. The van der Waals surface area contributed by atoms with Crippen molar-refractivity contribution in [3.63, 3.8) is 0 Å². The standard InChI is InChI=1S/C5H6N4O3/c6-4(10)3-8-5(9(11)12)1-2-7-8/h1-2H,3H2,(H2,6,10). The number of amides is 1. The van der Waals surface area contributed by atoms with Gasteiger partial charge >= 0.3 is 5.82 Å². The van der Waals surface area contributed by atoms with Crippen molar-refractivity contribution in [1.82, 2.24) is 9.78 Å². The molecule has 7 nitrogen and oxygen atoms in total. The van der Waals surface area contributed by atoms with Crippen LogP contribution in [0.25, 0.3) is 0 Å². The van der Waals surface area contributed by atoms with Crippen LogP contribution in [0.5, 0.6) is 0 Å². The van der Waals surface area contributed by atoms with E-state index < -0.39 is 10.8 Å². The Morgan fingerprint density at radius 2 is 2.50 bits per heavy atom. The number of carbonyl (C=O) groups excluding carboxylic acids is 1. The highest BCUT2D eigenvalue weighted by Crippen LogP contribution is 2.07. The maximum absolute atomic E-state index is 10.4. The van der Waals surface area contributed by atoms with Crippen LogP contribution >= 0.6 is 0 Å².